The van der Waals surface area contributed by atoms with Crippen molar-refractivity contribution in [2.75, 3.05) is 0 Å². The van der Waals surface area contributed by atoms with Gasteiger partial charge in [-0.05, 0) is 34.5 Å². The fourth-order valence-electron chi connectivity index (χ4n) is 2.94. The van der Waals surface area contributed by atoms with E-state index in [1.807, 2.05) is 30.5 Å². The summed E-state index contributed by atoms with van der Waals surface area (Å²) in [7, 11) is 0. The van der Waals surface area contributed by atoms with E-state index in [0.29, 0.717) is 5.56 Å². The predicted octanol–water partition coefficient (Wildman–Crippen LogP) is 4.69. The molecule has 0 spiro atoms. The molecule has 0 unspecified atom stereocenters. The topological polar surface area (TPSA) is 53.1 Å². The van der Waals surface area contributed by atoms with Crippen molar-refractivity contribution in [3.05, 3.63) is 72.4 Å². The summed E-state index contributed by atoms with van der Waals surface area (Å²) in [6.07, 6.45) is 1.94. The van der Waals surface area contributed by atoms with E-state index in [9.17, 15) is 9.90 Å². The molecule has 0 atom stereocenters. The lowest BCUT2D eigenvalue weighted by Gasteiger charge is -2.06. The second kappa shape index (κ2) is 4.74. The first-order chi connectivity index (χ1) is 10.7. The number of aromatic carboxylic acids is 1. The normalized spacial score (nSPS) is 11.1. The molecule has 0 aliphatic rings. The zero-order valence-electron chi connectivity index (χ0n) is 11.7. The van der Waals surface area contributed by atoms with Crippen molar-refractivity contribution in [2.45, 2.75) is 0 Å². The maximum absolute atomic E-state index is 11.2. The summed E-state index contributed by atoms with van der Waals surface area (Å²) in [4.78, 5) is 14.4. The van der Waals surface area contributed by atoms with Crippen molar-refractivity contribution < 1.29 is 9.90 Å². The summed E-state index contributed by atoms with van der Waals surface area (Å²) < 4.78 is 0. The van der Waals surface area contributed by atoms with E-state index >= 15 is 0 Å². The van der Waals surface area contributed by atoms with E-state index in [0.717, 1.165) is 27.4 Å². The molecule has 3 nitrogen and oxygen atoms in total. The van der Waals surface area contributed by atoms with Gasteiger partial charge >= 0.3 is 5.97 Å². The highest BCUT2D eigenvalue weighted by Crippen LogP contribution is 2.34. The Morgan fingerprint density at radius 3 is 2.55 bits per heavy atom. The highest BCUT2D eigenvalue weighted by atomic mass is 16.4. The summed E-state index contributed by atoms with van der Waals surface area (Å²) in [5, 5.41) is 12.5. The van der Waals surface area contributed by atoms with Crippen LogP contribution in [0.2, 0.25) is 0 Å². The average molecular weight is 287 g/mol. The van der Waals surface area contributed by atoms with Gasteiger partial charge < -0.3 is 10.1 Å². The SMILES string of the molecule is O=C(O)c1ccc2[nH]cc(-c3cccc4ccccc34)c2c1. The highest BCUT2D eigenvalue weighted by molar-refractivity contribution is 6.06. The smallest absolute Gasteiger partial charge is 0.335 e. The minimum Gasteiger partial charge on any atom is -0.478 e. The van der Waals surface area contributed by atoms with Crippen LogP contribution in [0.3, 0.4) is 0 Å². The lowest BCUT2D eigenvalue weighted by Crippen LogP contribution is -1.94. The fourth-order valence-corrected chi connectivity index (χ4v) is 2.94. The predicted molar refractivity (Wildman–Crippen MR) is 88.2 cm³/mol. The molecule has 4 rings (SSSR count). The van der Waals surface area contributed by atoms with Gasteiger partial charge in [-0.25, -0.2) is 4.79 Å². The number of benzene rings is 3. The molecule has 0 saturated carbocycles. The molecule has 0 aliphatic heterocycles. The minimum absolute atomic E-state index is 0.300. The number of aromatic amines is 1. The zero-order valence-corrected chi connectivity index (χ0v) is 11.7. The maximum Gasteiger partial charge on any atom is 0.335 e. The van der Waals surface area contributed by atoms with Gasteiger partial charge in [0.1, 0.15) is 0 Å². The Bertz CT molecular complexity index is 1010. The first-order valence-corrected chi connectivity index (χ1v) is 7.06. The monoisotopic (exact) mass is 287 g/mol. The van der Waals surface area contributed by atoms with Crippen LogP contribution in [-0.2, 0) is 0 Å². The third-order valence-corrected chi connectivity index (χ3v) is 4.01. The zero-order chi connectivity index (χ0) is 15.1. The molecule has 4 aromatic rings. The number of nitrogens with one attached hydrogen (secondary N) is 1. The number of rotatable bonds is 2. The van der Waals surface area contributed by atoms with Crippen LogP contribution in [0, 0.1) is 0 Å². The molecule has 1 aromatic heterocycles. The molecule has 0 fully saturated rings. The molecule has 106 valence electrons. The van der Waals surface area contributed by atoms with Crippen LogP contribution in [0.4, 0.5) is 0 Å². The Morgan fingerprint density at radius 2 is 1.68 bits per heavy atom. The minimum atomic E-state index is -0.910. The van der Waals surface area contributed by atoms with Gasteiger partial charge in [0.25, 0.3) is 0 Å². The summed E-state index contributed by atoms with van der Waals surface area (Å²) in [6.45, 7) is 0. The lowest BCUT2D eigenvalue weighted by molar-refractivity contribution is 0.0697. The van der Waals surface area contributed by atoms with Gasteiger partial charge in [-0.2, -0.15) is 0 Å². The second-order valence-electron chi connectivity index (χ2n) is 5.29. The summed E-state index contributed by atoms with van der Waals surface area (Å²) >= 11 is 0. The summed E-state index contributed by atoms with van der Waals surface area (Å²) in [5.41, 5.74) is 3.36. The van der Waals surface area contributed by atoms with Crippen LogP contribution in [0.1, 0.15) is 10.4 Å². The molecule has 0 saturated heterocycles. The number of carboxylic acid groups (broad SMARTS) is 1. The summed E-state index contributed by atoms with van der Waals surface area (Å²) in [5.74, 6) is -0.910. The van der Waals surface area contributed by atoms with Crippen LogP contribution < -0.4 is 0 Å². The molecule has 0 radical (unpaired) electrons. The molecule has 0 bridgehead atoms. The van der Waals surface area contributed by atoms with Crippen molar-refractivity contribution in [1.82, 2.24) is 4.98 Å². The summed E-state index contributed by atoms with van der Waals surface area (Å²) in [6, 6.07) is 19.5. The van der Waals surface area contributed by atoms with Crippen LogP contribution in [0.5, 0.6) is 0 Å². The Morgan fingerprint density at radius 1 is 0.864 bits per heavy atom. The van der Waals surface area contributed by atoms with Gasteiger partial charge in [-0.1, -0.05) is 42.5 Å². The first kappa shape index (κ1) is 12.7. The molecule has 3 aromatic carbocycles. The van der Waals surface area contributed by atoms with E-state index in [2.05, 4.69) is 29.2 Å². The lowest BCUT2D eigenvalue weighted by atomic mass is 9.97. The third-order valence-electron chi connectivity index (χ3n) is 4.01. The largest absolute Gasteiger partial charge is 0.478 e. The van der Waals surface area contributed by atoms with Gasteiger partial charge in [-0.3, -0.25) is 0 Å². The Balaban J connectivity index is 2.04. The van der Waals surface area contributed by atoms with Crippen LogP contribution >= 0.6 is 0 Å². The quantitative estimate of drug-likeness (QED) is 0.562. The molecular weight excluding hydrogens is 274 g/mol. The Labute approximate surface area is 126 Å². The number of hydrogen-bond acceptors (Lipinski definition) is 1. The average Bonchev–Trinajstić information content (AvgIpc) is 2.97. The maximum atomic E-state index is 11.2. The van der Waals surface area contributed by atoms with E-state index in [1.54, 1.807) is 12.1 Å². The van der Waals surface area contributed by atoms with Crippen LogP contribution in [0.15, 0.2) is 66.9 Å². The first-order valence-electron chi connectivity index (χ1n) is 7.06. The Kier molecular flexibility index (Phi) is 2.73. The van der Waals surface area contributed by atoms with Gasteiger partial charge in [0.05, 0.1) is 5.56 Å². The standard InChI is InChI=1S/C19H13NO2/c21-19(22)13-8-9-18-16(10-13)17(11-20-18)15-7-3-5-12-4-1-2-6-14(12)15/h1-11,20H,(H,21,22). The number of carboxylic acids is 1. The number of carbonyl (C=O) groups is 1. The van der Waals surface area contributed by atoms with Crippen molar-refractivity contribution in [3.8, 4) is 11.1 Å². The van der Waals surface area contributed by atoms with E-state index in [4.69, 9.17) is 0 Å². The van der Waals surface area contributed by atoms with Crippen molar-refractivity contribution in [3.63, 3.8) is 0 Å². The number of hydrogen-bond donors (Lipinski definition) is 2. The van der Waals surface area contributed by atoms with Crippen LogP contribution in [-0.4, -0.2) is 16.1 Å². The van der Waals surface area contributed by atoms with Gasteiger partial charge in [-0.15, -0.1) is 0 Å². The van der Waals surface area contributed by atoms with Gasteiger partial charge in [0.2, 0.25) is 0 Å². The molecule has 2 N–H and O–H groups in total. The van der Waals surface area contributed by atoms with Crippen molar-refractivity contribution >= 4 is 27.6 Å². The van der Waals surface area contributed by atoms with Gasteiger partial charge in [0, 0.05) is 22.7 Å². The molecular formula is C19H13NO2. The molecule has 22 heavy (non-hydrogen) atoms. The van der Waals surface area contributed by atoms with E-state index in [-0.39, 0.29) is 0 Å². The fraction of sp³-hybridized carbons (Fsp3) is 0. The van der Waals surface area contributed by atoms with E-state index in [1.165, 1.54) is 5.39 Å². The molecule has 3 heteroatoms. The number of fused-ring (bicyclic) bond motifs is 2. The molecule has 1 heterocycles. The third kappa shape index (κ3) is 1.87. The van der Waals surface area contributed by atoms with Crippen molar-refractivity contribution in [1.29, 1.82) is 0 Å². The highest BCUT2D eigenvalue weighted by Gasteiger charge is 2.11. The van der Waals surface area contributed by atoms with Gasteiger partial charge in [0.15, 0.2) is 0 Å². The number of aromatic nitrogens is 1. The molecule has 0 aliphatic carbocycles. The Hall–Kier alpha value is -3.07. The molecule has 0 amide bonds. The second-order valence-corrected chi connectivity index (χ2v) is 5.29. The van der Waals surface area contributed by atoms with E-state index < -0.39 is 5.97 Å². The number of H-pyrrole nitrogens is 1. The van der Waals surface area contributed by atoms with Crippen LogP contribution in [0.25, 0.3) is 32.8 Å². The van der Waals surface area contributed by atoms with Crippen molar-refractivity contribution in [2.24, 2.45) is 0 Å².